The van der Waals surface area contributed by atoms with Gasteiger partial charge in [-0.2, -0.15) is 5.11 Å². The Balaban J connectivity index is 0.000000418. The predicted octanol–water partition coefficient (Wildman–Crippen LogP) is 19.3. The molecule has 26 nitrogen and oxygen atoms in total. The topological polar surface area (TPSA) is 353 Å². The van der Waals surface area contributed by atoms with E-state index in [4.69, 9.17) is 24.7 Å². The molecule has 0 heterocycles. The summed E-state index contributed by atoms with van der Waals surface area (Å²) >= 11 is 0. The number of anilines is 2. The van der Waals surface area contributed by atoms with E-state index in [1.165, 1.54) is 12.1 Å². The highest BCUT2D eigenvalue weighted by molar-refractivity contribution is 5.69. The molecule has 0 saturated heterocycles. The molecule has 508 valence electrons. The normalized spacial score (nSPS) is 12.7. The third-order valence-corrected chi connectivity index (χ3v) is 16.0. The molecule has 0 spiro atoms. The number of rotatable bonds is 43. The van der Waals surface area contributed by atoms with Crippen LogP contribution < -0.4 is 29.6 Å². The summed E-state index contributed by atoms with van der Waals surface area (Å²) in [7, 11) is 0. The Bertz CT molecular complexity index is 3250. The van der Waals surface area contributed by atoms with Crippen molar-refractivity contribution >= 4 is 68.2 Å². The maximum atomic E-state index is 11.8. The van der Waals surface area contributed by atoms with Gasteiger partial charge in [-0.15, -0.1) is 25.6 Å². The van der Waals surface area contributed by atoms with E-state index in [0.29, 0.717) is 97.1 Å². The van der Waals surface area contributed by atoms with E-state index in [1.807, 2.05) is 30.0 Å². The van der Waals surface area contributed by atoms with Crippen LogP contribution >= 0.6 is 0 Å². The van der Waals surface area contributed by atoms with Gasteiger partial charge in [-0.05, 0) is 92.2 Å². The number of nitrogens with two attached hydrogens (primary N) is 1. The lowest BCUT2D eigenvalue weighted by molar-refractivity contribution is -0.394. The maximum absolute atomic E-state index is 11.8. The van der Waals surface area contributed by atoms with Crippen molar-refractivity contribution in [2.24, 2.45) is 54.4 Å². The van der Waals surface area contributed by atoms with Gasteiger partial charge in [0.05, 0.1) is 82.8 Å². The first kappa shape index (κ1) is 76.7. The minimum atomic E-state index is -0.733. The molecule has 4 N–H and O–H groups in total. The number of hydrogen-bond acceptors (Lipinski definition) is 22. The Labute approximate surface area is 545 Å². The summed E-state index contributed by atoms with van der Waals surface area (Å²) in [6.45, 7) is 21.4. The Hall–Kier alpha value is -8.78. The first-order valence-electron chi connectivity index (χ1n) is 32.6. The van der Waals surface area contributed by atoms with Crippen molar-refractivity contribution in [3.05, 3.63) is 125 Å². The van der Waals surface area contributed by atoms with Crippen LogP contribution in [0.1, 0.15) is 164 Å². The van der Waals surface area contributed by atoms with Gasteiger partial charge >= 0.3 is 11.4 Å². The highest BCUT2D eigenvalue weighted by Gasteiger charge is 2.24. The molecule has 4 unspecified atom stereocenters. The lowest BCUT2D eigenvalue weighted by atomic mass is 10.0. The maximum Gasteiger partial charge on any atom is 0.303 e. The average Bonchev–Trinajstić information content (AvgIpc) is 0.980. The zero-order chi connectivity index (χ0) is 68.2. The summed E-state index contributed by atoms with van der Waals surface area (Å²) in [5, 5.41) is 90.8. The van der Waals surface area contributed by atoms with Crippen LogP contribution in [-0.4, -0.2) is 82.6 Å². The first-order valence-corrected chi connectivity index (χ1v) is 32.6. The summed E-state index contributed by atoms with van der Waals surface area (Å²) < 4.78 is 25.0. The van der Waals surface area contributed by atoms with Crippen molar-refractivity contribution in [3.63, 3.8) is 0 Å². The average molecular weight is 1290 g/mol. The first-order chi connectivity index (χ1) is 44.8. The minimum Gasteiger partial charge on any atom is -0.491 e. The number of nitrogens with zero attached hydrogens (tertiary/aromatic N) is 11. The molecule has 0 amide bonds. The fourth-order valence-electron chi connectivity index (χ4n) is 9.83. The third kappa shape index (κ3) is 25.3. The number of aryl methyl sites for hydroxylation is 1. The molecule has 0 fully saturated rings. The van der Waals surface area contributed by atoms with Crippen molar-refractivity contribution < 1.29 is 48.9 Å². The number of benzene rings is 5. The van der Waals surface area contributed by atoms with E-state index in [-0.39, 0.29) is 42.1 Å². The number of nitrogen functional groups attached to an aromatic ring is 1. The van der Waals surface area contributed by atoms with Gasteiger partial charge in [0.2, 0.25) is 0 Å². The van der Waals surface area contributed by atoms with Gasteiger partial charge in [-0.1, -0.05) is 132 Å². The molecule has 0 aromatic heterocycles. The quantitative estimate of drug-likeness (QED) is 0.0141. The summed E-state index contributed by atoms with van der Waals surface area (Å²) in [4.78, 5) is 44.8. The van der Waals surface area contributed by atoms with Gasteiger partial charge in [-0.25, -0.2) is 0 Å². The number of nitro benzene ring substituents is 4. The molecular formula is C67H96N12O14. The number of ether oxygens (including phenoxy) is 4. The molecule has 0 aliphatic heterocycles. The summed E-state index contributed by atoms with van der Waals surface area (Å²) in [5.74, 6) is 2.82. The lowest BCUT2D eigenvalue weighted by Gasteiger charge is -2.23. The van der Waals surface area contributed by atoms with Crippen molar-refractivity contribution in [2.45, 2.75) is 165 Å². The number of aliphatic hydroxyl groups is 2. The van der Waals surface area contributed by atoms with Crippen LogP contribution in [0.4, 0.5) is 68.2 Å². The van der Waals surface area contributed by atoms with Gasteiger partial charge < -0.3 is 39.8 Å². The molecule has 4 atom stereocenters. The van der Waals surface area contributed by atoms with E-state index in [0.717, 1.165) is 138 Å². The van der Waals surface area contributed by atoms with E-state index in [9.17, 15) is 50.7 Å². The highest BCUT2D eigenvalue weighted by atomic mass is 16.6. The van der Waals surface area contributed by atoms with Crippen molar-refractivity contribution in [1.29, 1.82) is 0 Å². The molecular weight excluding hydrogens is 1200 g/mol. The molecule has 5 aromatic rings. The Morgan fingerprint density at radius 2 is 0.753 bits per heavy atom. The second-order valence-corrected chi connectivity index (χ2v) is 22.9. The molecule has 0 saturated carbocycles. The Kier molecular flexibility index (Phi) is 34.3. The minimum absolute atomic E-state index is 0.0526. The predicted molar refractivity (Wildman–Crippen MR) is 362 cm³/mol. The zero-order valence-corrected chi connectivity index (χ0v) is 55.6. The molecule has 0 aliphatic carbocycles. The van der Waals surface area contributed by atoms with Gasteiger partial charge in [0, 0.05) is 55.2 Å². The van der Waals surface area contributed by atoms with Crippen LogP contribution in [0.25, 0.3) is 0 Å². The van der Waals surface area contributed by atoms with Crippen LogP contribution in [0.5, 0.6) is 23.0 Å². The third-order valence-electron chi connectivity index (χ3n) is 16.0. The molecule has 0 radical (unpaired) electrons. The van der Waals surface area contributed by atoms with E-state index in [2.05, 4.69) is 86.1 Å². The number of non-ortho nitro benzene ring substituents is 2. The largest absolute Gasteiger partial charge is 0.491 e. The van der Waals surface area contributed by atoms with Crippen LogP contribution in [0.2, 0.25) is 0 Å². The molecule has 5 rings (SSSR count). The van der Waals surface area contributed by atoms with Crippen LogP contribution in [0, 0.1) is 71.1 Å². The molecule has 0 aliphatic rings. The van der Waals surface area contributed by atoms with Crippen molar-refractivity contribution in [1.82, 2.24) is 0 Å². The highest BCUT2D eigenvalue weighted by Crippen LogP contribution is 2.44. The fourth-order valence-corrected chi connectivity index (χ4v) is 9.83. The summed E-state index contributed by atoms with van der Waals surface area (Å²) in [5.41, 5.74) is 7.76. The molecule has 0 bridgehead atoms. The number of nitro groups is 4. The standard InChI is InChI=1S/C39H55N7O8.C28H41N5O6/c1-6-10-12-29(8-3)26-53-38-25-36(43-41-34-17-15-32(45(49)50)23-37(34)46(51)52)39(54-27-30(9-4)13-11-7-2)24-35(38)42-40-33-16-14-31(22-28(33)5)44(18-20-47)19-21-48;1-5-9-11-20(7-3)18-38-27-17-25(28(16-23(27)29)39-19-21(8-4)12-10-6-2)31-30-24-14-13-22(32(34)35)15-26(24)33(36)37/h14-17,22-25,29-30,47-48H,6-13,18-21,26-27H2,1-5H3;13-17,20-21H,5-12,18-19,29H2,1-4H3. The smallest absolute Gasteiger partial charge is 0.303 e. The Morgan fingerprint density at radius 3 is 1.08 bits per heavy atom. The van der Waals surface area contributed by atoms with E-state index >= 15 is 0 Å². The Morgan fingerprint density at radius 1 is 0.430 bits per heavy atom. The number of azo groups is 3. The second kappa shape index (κ2) is 41.7. The van der Waals surface area contributed by atoms with Crippen LogP contribution in [-0.2, 0) is 0 Å². The van der Waals surface area contributed by atoms with Crippen LogP contribution in [0.3, 0.4) is 0 Å². The number of hydrogen-bond donors (Lipinski definition) is 3. The zero-order valence-electron chi connectivity index (χ0n) is 55.6. The van der Waals surface area contributed by atoms with Crippen LogP contribution in [0.15, 0.2) is 110 Å². The number of aliphatic hydroxyl groups excluding tert-OH is 2. The molecule has 5 aromatic carbocycles. The van der Waals surface area contributed by atoms with Gasteiger partial charge in [0.15, 0.2) is 11.4 Å². The monoisotopic (exact) mass is 1290 g/mol. The number of unbranched alkanes of at least 4 members (excludes halogenated alkanes) is 4. The van der Waals surface area contributed by atoms with Gasteiger partial charge in [0.1, 0.15) is 40.1 Å². The van der Waals surface area contributed by atoms with Gasteiger partial charge in [0.25, 0.3) is 11.4 Å². The second-order valence-electron chi connectivity index (χ2n) is 22.9. The van der Waals surface area contributed by atoms with Gasteiger partial charge in [-0.3, -0.25) is 40.5 Å². The molecule has 93 heavy (non-hydrogen) atoms. The summed E-state index contributed by atoms with van der Waals surface area (Å²) in [6.07, 6.45) is 16.5. The van der Waals surface area contributed by atoms with E-state index in [1.54, 1.807) is 24.3 Å². The molecule has 26 heteroatoms. The van der Waals surface area contributed by atoms with Crippen molar-refractivity contribution in [3.8, 4) is 23.0 Å². The SMILES string of the molecule is CCCCC(CC)COc1cc(N=Nc2ccc([N+](=O)[O-])cc2[N+](=O)[O-])c(OCC(CC)CCCC)cc1N.CCCCC(CC)COc1cc(N=Nc2ccc([N+](=O)[O-])cc2[N+](=O)[O-])c(OCC(CC)CCCC)cc1N=Nc1ccc(N(CCO)CCO)cc1C. The summed E-state index contributed by atoms with van der Waals surface area (Å²) in [6, 6.07) is 18.6. The van der Waals surface area contributed by atoms with E-state index < -0.39 is 42.4 Å². The van der Waals surface area contributed by atoms with Crippen molar-refractivity contribution in [2.75, 3.05) is 63.4 Å². The fraction of sp³-hybridized carbons (Fsp3) is 0.552. The lowest BCUT2D eigenvalue weighted by Crippen LogP contribution is -2.29.